The molecule has 7 nitrogen and oxygen atoms in total. The summed E-state index contributed by atoms with van der Waals surface area (Å²) < 4.78 is 15.9. The number of hydrogen-bond donors (Lipinski definition) is 2. The Balaban J connectivity index is 1.56. The van der Waals surface area contributed by atoms with Gasteiger partial charge in [-0.3, -0.25) is 9.59 Å². The van der Waals surface area contributed by atoms with Crippen LogP contribution in [0.3, 0.4) is 0 Å². The molecule has 3 aromatic carbocycles. The summed E-state index contributed by atoms with van der Waals surface area (Å²) in [4.78, 5) is 25.7. The third kappa shape index (κ3) is 5.07. The molecule has 0 aromatic heterocycles. The summed E-state index contributed by atoms with van der Waals surface area (Å²) in [5, 5.41) is 5.57. The van der Waals surface area contributed by atoms with E-state index in [1.54, 1.807) is 55.7 Å². The van der Waals surface area contributed by atoms with Crippen molar-refractivity contribution in [1.29, 1.82) is 0 Å². The largest absolute Gasteiger partial charge is 0.497 e. The Bertz CT molecular complexity index is 1140. The van der Waals surface area contributed by atoms with E-state index in [-0.39, 0.29) is 12.5 Å². The highest BCUT2D eigenvalue weighted by Crippen LogP contribution is 2.33. The van der Waals surface area contributed by atoms with Crippen molar-refractivity contribution >= 4 is 17.9 Å². The monoisotopic (exact) mass is 430 g/mol. The minimum atomic E-state index is -0.409. The van der Waals surface area contributed by atoms with Gasteiger partial charge in [0.2, 0.25) is 6.79 Å². The highest BCUT2D eigenvalue weighted by molar-refractivity contribution is 6.05. The number of benzene rings is 3. The first-order valence-corrected chi connectivity index (χ1v) is 10.0. The molecule has 4 rings (SSSR count). The second kappa shape index (κ2) is 9.70. The first-order chi connectivity index (χ1) is 15.6. The zero-order chi connectivity index (χ0) is 22.3. The van der Waals surface area contributed by atoms with Gasteiger partial charge in [0.1, 0.15) is 11.4 Å². The van der Waals surface area contributed by atoms with Crippen molar-refractivity contribution in [3.63, 3.8) is 0 Å². The molecule has 2 amide bonds. The predicted molar refractivity (Wildman–Crippen MR) is 119 cm³/mol. The number of methoxy groups -OCH3 is 1. The molecular weight excluding hydrogens is 408 g/mol. The summed E-state index contributed by atoms with van der Waals surface area (Å²) in [7, 11) is 1.55. The summed E-state index contributed by atoms with van der Waals surface area (Å²) >= 11 is 0. The van der Waals surface area contributed by atoms with E-state index in [4.69, 9.17) is 14.2 Å². The molecule has 0 saturated carbocycles. The fourth-order valence-corrected chi connectivity index (χ4v) is 3.14. The van der Waals surface area contributed by atoms with Crippen LogP contribution < -0.4 is 24.8 Å². The fourth-order valence-electron chi connectivity index (χ4n) is 3.14. The van der Waals surface area contributed by atoms with Gasteiger partial charge in [0.25, 0.3) is 11.8 Å². The van der Waals surface area contributed by atoms with E-state index < -0.39 is 11.8 Å². The van der Waals surface area contributed by atoms with Gasteiger partial charge in [0, 0.05) is 12.1 Å². The van der Waals surface area contributed by atoms with Crippen LogP contribution in [0.4, 0.5) is 0 Å². The van der Waals surface area contributed by atoms with E-state index in [0.717, 1.165) is 5.56 Å². The number of carbonyl (C=O) groups excluding carboxylic acids is 2. The lowest BCUT2D eigenvalue weighted by Crippen LogP contribution is -2.34. The highest BCUT2D eigenvalue weighted by atomic mass is 16.7. The molecule has 32 heavy (non-hydrogen) atoms. The molecule has 162 valence electrons. The van der Waals surface area contributed by atoms with Crippen molar-refractivity contribution in [2.75, 3.05) is 13.9 Å². The van der Waals surface area contributed by atoms with Gasteiger partial charge in [-0.1, -0.05) is 36.4 Å². The SMILES string of the molecule is COc1ccc(C(=O)NC(=Cc2ccc3c(c2)OCO3)C(=O)NCc2ccccc2)cc1. The van der Waals surface area contributed by atoms with Gasteiger partial charge in [0.15, 0.2) is 11.5 Å². The highest BCUT2D eigenvalue weighted by Gasteiger charge is 2.17. The van der Waals surface area contributed by atoms with Gasteiger partial charge in [-0.2, -0.15) is 0 Å². The van der Waals surface area contributed by atoms with E-state index in [1.807, 2.05) is 30.3 Å². The number of ether oxygens (including phenoxy) is 3. The molecule has 0 radical (unpaired) electrons. The molecule has 0 aliphatic carbocycles. The third-order valence-corrected chi connectivity index (χ3v) is 4.85. The molecular formula is C25H22N2O5. The van der Waals surface area contributed by atoms with Crippen LogP contribution in [0.5, 0.6) is 17.2 Å². The van der Waals surface area contributed by atoms with Crippen molar-refractivity contribution < 1.29 is 23.8 Å². The van der Waals surface area contributed by atoms with Gasteiger partial charge in [-0.25, -0.2) is 0 Å². The van der Waals surface area contributed by atoms with Crippen LogP contribution in [0, 0.1) is 0 Å². The number of carbonyl (C=O) groups is 2. The average molecular weight is 430 g/mol. The van der Waals surface area contributed by atoms with Crippen LogP contribution in [0.2, 0.25) is 0 Å². The Morgan fingerprint density at radius 3 is 2.47 bits per heavy atom. The molecule has 1 aliphatic rings. The Morgan fingerprint density at radius 1 is 0.969 bits per heavy atom. The number of amides is 2. The second-order valence-electron chi connectivity index (χ2n) is 7.02. The topological polar surface area (TPSA) is 85.9 Å². The normalized spacial score (nSPS) is 12.2. The smallest absolute Gasteiger partial charge is 0.268 e. The van der Waals surface area contributed by atoms with Crippen LogP contribution in [-0.4, -0.2) is 25.7 Å². The van der Waals surface area contributed by atoms with Gasteiger partial charge in [-0.05, 0) is 53.6 Å². The molecule has 0 bridgehead atoms. The first-order valence-electron chi connectivity index (χ1n) is 10.0. The molecule has 7 heteroatoms. The van der Waals surface area contributed by atoms with Gasteiger partial charge in [0.05, 0.1) is 7.11 Å². The second-order valence-corrected chi connectivity index (χ2v) is 7.02. The summed E-state index contributed by atoms with van der Waals surface area (Å²) in [6.45, 7) is 0.484. The Morgan fingerprint density at radius 2 is 1.72 bits per heavy atom. The number of hydrogen-bond acceptors (Lipinski definition) is 5. The predicted octanol–water partition coefficient (Wildman–Crippen LogP) is 3.51. The Labute approximate surface area is 185 Å². The molecule has 0 saturated heterocycles. The number of nitrogens with one attached hydrogen (secondary N) is 2. The fraction of sp³-hybridized carbons (Fsp3) is 0.120. The van der Waals surface area contributed by atoms with E-state index in [1.165, 1.54) is 0 Å². The lowest BCUT2D eigenvalue weighted by Gasteiger charge is -2.12. The standard InChI is InChI=1S/C25H22N2O5/c1-30-20-10-8-19(9-11-20)24(28)27-21(25(29)26-15-17-5-3-2-4-6-17)13-18-7-12-22-23(14-18)32-16-31-22/h2-14H,15-16H2,1H3,(H,26,29)(H,27,28). The van der Waals surface area contributed by atoms with Crippen LogP contribution in [-0.2, 0) is 11.3 Å². The third-order valence-electron chi connectivity index (χ3n) is 4.85. The molecule has 0 atom stereocenters. The Hall–Kier alpha value is -4.26. The van der Waals surface area contributed by atoms with Crippen LogP contribution in [0.25, 0.3) is 6.08 Å². The van der Waals surface area contributed by atoms with E-state index in [0.29, 0.717) is 34.9 Å². The molecule has 0 unspecified atom stereocenters. The molecule has 0 spiro atoms. The zero-order valence-electron chi connectivity index (χ0n) is 17.5. The number of rotatable bonds is 7. The maximum atomic E-state index is 13.0. The van der Waals surface area contributed by atoms with Crippen molar-refractivity contribution in [2.45, 2.75) is 6.54 Å². The van der Waals surface area contributed by atoms with Crippen molar-refractivity contribution in [3.8, 4) is 17.2 Å². The Kier molecular flexibility index (Phi) is 6.36. The quantitative estimate of drug-likeness (QED) is 0.561. The van der Waals surface area contributed by atoms with Crippen molar-refractivity contribution in [3.05, 3.63) is 95.2 Å². The molecule has 2 N–H and O–H groups in total. The minimum Gasteiger partial charge on any atom is -0.497 e. The van der Waals surface area contributed by atoms with Crippen molar-refractivity contribution in [1.82, 2.24) is 10.6 Å². The lowest BCUT2D eigenvalue weighted by atomic mass is 10.1. The van der Waals surface area contributed by atoms with Crippen LogP contribution in [0.1, 0.15) is 21.5 Å². The van der Waals surface area contributed by atoms with E-state index in [2.05, 4.69) is 10.6 Å². The molecule has 3 aromatic rings. The minimum absolute atomic E-state index is 0.112. The average Bonchev–Trinajstić information content (AvgIpc) is 3.30. The molecule has 0 fully saturated rings. The van der Waals surface area contributed by atoms with E-state index in [9.17, 15) is 9.59 Å². The van der Waals surface area contributed by atoms with E-state index >= 15 is 0 Å². The maximum Gasteiger partial charge on any atom is 0.268 e. The zero-order valence-corrected chi connectivity index (χ0v) is 17.5. The van der Waals surface area contributed by atoms with Crippen LogP contribution in [0.15, 0.2) is 78.5 Å². The van der Waals surface area contributed by atoms with Crippen LogP contribution >= 0.6 is 0 Å². The van der Waals surface area contributed by atoms with Crippen molar-refractivity contribution in [2.24, 2.45) is 0 Å². The number of fused-ring (bicyclic) bond motifs is 1. The summed E-state index contributed by atoms with van der Waals surface area (Å²) in [6.07, 6.45) is 1.60. The van der Waals surface area contributed by atoms with Gasteiger partial charge >= 0.3 is 0 Å². The summed E-state index contributed by atoms with van der Waals surface area (Å²) in [5.41, 5.74) is 2.15. The molecule has 1 heterocycles. The first kappa shape index (κ1) is 21.0. The van der Waals surface area contributed by atoms with Gasteiger partial charge < -0.3 is 24.8 Å². The summed E-state index contributed by atoms with van der Waals surface area (Å²) in [5.74, 6) is 1.05. The molecule has 1 aliphatic heterocycles. The lowest BCUT2D eigenvalue weighted by molar-refractivity contribution is -0.117. The summed E-state index contributed by atoms with van der Waals surface area (Å²) in [6, 6.07) is 21.5. The maximum absolute atomic E-state index is 13.0. The van der Waals surface area contributed by atoms with Gasteiger partial charge in [-0.15, -0.1) is 0 Å².